The van der Waals surface area contributed by atoms with Crippen LogP contribution in [0.4, 0.5) is 5.69 Å². The third kappa shape index (κ3) is 2.30. The van der Waals surface area contributed by atoms with Crippen molar-refractivity contribution in [2.45, 2.75) is 20.0 Å². The molecule has 20 heavy (non-hydrogen) atoms. The smallest absolute Gasteiger partial charge is 0.216 e. The maximum Gasteiger partial charge on any atom is 0.216 e. The molecule has 0 saturated carbocycles. The zero-order valence-corrected chi connectivity index (χ0v) is 11.6. The van der Waals surface area contributed by atoms with Crippen molar-refractivity contribution in [1.82, 2.24) is 0 Å². The van der Waals surface area contributed by atoms with Crippen LogP contribution in [0.2, 0.25) is 0 Å². The fourth-order valence-electron chi connectivity index (χ4n) is 2.66. The van der Waals surface area contributed by atoms with Gasteiger partial charge in [-0.1, -0.05) is 48.5 Å². The molecule has 0 radical (unpaired) electrons. The molecule has 2 aromatic rings. The lowest BCUT2D eigenvalue weighted by Gasteiger charge is -2.01. The van der Waals surface area contributed by atoms with Crippen LogP contribution < -0.4 is 0 Å². The van der Waals surface area contributed by atoms with Crippen molar-refractivity contribution in [2.24, 2.45) is 0 Å². The zero-order chi connectivity index (χ0) is 13.9. The Morgan fingerprint density at radius 1 is 1.00 bits per heavy atom. The molecule has 2 aromatic carbocycles. The number of benzene rings is 2. The van der Waals surface area contributed by atoms with Gasteiger partial charge in [0.2, 0.25) is 5.69 Å². The normalized spacial score (nSPS) is 14.6. The quantitative estimate of drug-likeness (QED) is 0.839. The van der Waals surface area contributed by atoms with E-state index in [2.05, 4.69) is 48.0 Å². The van der Waals surface area contributed by atoms with Gasteiger partial charge in [-0.2, -0.15) is 4.58 Å². The van der Waals surface area contributed by atoms with Gasteiger partial charge in [0.1, 0.15) is 0 Å². The lowest BCUT2D eigenvalue weighted by molar-refractivity contribution is -0.357. The van der Waals surface area contributed by atoms with E-state index in [9.17, 15) is 5.11 Å². The van der Waals surface area contributed by atoms with Gasteiger partial charge in [0.05, 0.1) is 13.0 Å². The van der Waals surface area contributed by atoms with E-state index >= 15 is 0 Å². The fourth-order valence-corrected chi connectivity index (χ4v) is 2.66. The van der Waals surface area contributed by atoms with Crippen molar-refractivity contribution >= 4 is 17.0 Å². The van der Waals surface area contributed by atoms with Crippen LogP contribution in [-0.4, -0.2) is 15.4 Å². The molecular formula is C18H18NO+. The largest absolute Gasteiger partial charge is 0.391 e. The molecule has 0 aromatic heterocycles. The Morgan fingerprint density at radius 2 is 1.70 bits per heavy atom. The minimum Gasteiger partial charge on any atom is -0.391 e. The van der Waals surface area contributed by atoms with Gasteiger partial charge in [-0.3, -0.25) is 0 Å². The van der Waals surface area contributed by atoms with Crippen LogP contribution in [0.1, 0.15) is 24.5 Å². The maximum atomic E-state index is 9.49. The summed E-state index contributed by atoms with van der Waals surface area (Å²) < 4.78 is 2.19. The van der Waals surface area contributed by atoms with Gasteiger partial charge in [0, 0.05) is 24.1 Å². The molecule has 0 atom stereocenters. The van der Waals surface area contributed by atoms with E-state index in [-0.39, 0.29) is 6.61 Å². The molecule has 2 nitrogen and oxygen atoms in total. The molecule has 1 aliphatic rings. The van der Waals surface area contributed by atoms with Crippen LogP contribution in [-0.2, 0) is 6.61 Å². The molecule has 0 spiro atoms. The molecule has 0 amide bonds. The Labute approximate surface area is 119 Å². The number of hydrogen-bond acceptors (Lipinski definition) is 1. The van der Waals surface area contributed by atoms with E-state index in [1.807, 2.05) is 24.3 Å². The number of para-hydroxylation sites is 1. The Kier molecular flexibility index (Phi) is 3.48. The van der Waals surface area contributed by atoms with Crippen molar-refractivity contribution < 1.29 is 9.68 Å². The molecule has 100 valence electrons. The van der Waals surface area contributed by atoms with E-state index in [4.69, 9.17) is 0 Å². The predicted molar refractivity (Wildman–Crippen MR) is 82.0 cm³/mol. The van der Waals surface area contributed by atoms with Crippen molar-refractivity contribution in [1.29, 1.82) is 0 Å². The van der Waals surface area contributed by atoms with Crippen LogP contribution in [0.3, 0.4) is 0 Å². The van der Waals surface area contributed by atoms with Crippen molar-refractivity contribution in [2.75, 3.05) is 0 Å². The van der Waals surface area contributed by atoms with E-state index < -0.39 is 0 Å². The fraction of sp³-hybridized carbons (Fsp3) is 0.167. The Morgan fingerprint density at radius 3 is 2.45 bits per heavy atom. The molecule has 2 heteroatoms. The molecule has 1 heterocycles. The number of aliphatic hydroxyl groups excluding tert-OH is 1. The summed E-state index contributed by atoms with van der Waals surface area (Å²) in [7, 11) is 0. The summed E-state index contributed by atoms with van der Waals surface area (Å²) in [6.45, 7) is 2.20. The summed E-state index contributed by atoms with van der Waals surface area (Å²) in [5.41, 5.74) is 5.88. The van der Waals surface area contributed by atoms with Gasteiger partial charge in [0.15, 0.2) is 11.9 Å². The van der Waals surface area contributed by atoms with Crippen LogP contribution in [0.15, 0.2) is 60.8 Å². The predicted octanol–water partition coefficient (Wildman–Crippen LogP) is 3.73. The first-order valence-electron chi connectivity index (χ1n) is 6.86. The second kappa shape index (κ2) is 5.43. The number of rotatable bonds is 3. The summed E-state index contributed by atoms with van der Waals surface area (Å²) in [5, 5.41) is 9.49. The van der Waals surface area contributed by atoms with Crippen molar-refractivity contribution in [3.05, 3.63) is 71.9 Å². The third-order valence-corrected chi connectivity index (χ3v) is 3.71. The number of allylic oxidation sites excluding steroid dienone is 1. The first-order valence-corrected chi connectivity index (χ1v) is 6.86. The first-order chi connectivity index (χ1) is 9.79. The highest BCUT2D eigenvalue weighted by atomic mass is 16.3. The van der Waals surface area contributed by atoms with Crippen LogP contribution in [0.25, 0.3) is 5.57 Å². The topological polar surface area (TPSA) is 23.2 Å². The average Bonchev–Trinajstić information content (AvgIpc) is 2.90. The number of aliphatic hydroxyl groups is 1. The monoisotopic (exact) mass is 264 g/mol. The lowest BCUT2D eigenvalue weighted by Crippen LogP contribution is -2.04. The molecule has 0 fully saturated rings. The summed E-state index contributed by atoms with van der Waals surface area (Å²) in [6, 6.07) is 18.4. The molecule has 0 bridgehead atoms. The zero-order valence-electron chi connectivity index (χ0n) is 11.6. The average molecular weight is 264 g/mol. The SMILES string of the molecule is CC1=[N+](c2ccccc2CO)C=C(c2ccccc2)C1. The van der Waals surface area contributed by atoms with Crippen LogP contribution in [0.5, 0.6) is 0 Å². The van der Waals surface area contributed by atoms with E-state index in [0.29, 0.717) is 0 Å². The Bertz CT molecular complexity index is 684. The van der Waals surface area contributed by atoms with Crippen molar-refractivity contribution in [3.8, 4) is 0 Å². The number of hydrogen-bond donors (Lipinski definition) is 1. The Hall–Kier alpha value is -2.19. The summed E-state index contributed by atoms with van der Waals surface area (Å²) >= 11 is 0. The molecule has 1 N–H and O–H groups in total. The van der Waals surface area contributed by atoms with Gasteiger partial charge < -0.3 is 5.11 Å². The summed E-state index contributed by atoms with van der Waals surface area (Å²) in [6.07, 6.45) is 3.13. The second-order valence-corrected chi connectivity index (χ2v) is 5.09. The van der Waals surface area contributed by atoms with E-state index in [0.717, 1.165) is 17.7 Å². The minimum absolute atomic E-state index is 0.0640. The highest BCUT2D eigenvalue weighted by molar-refractivity contribution is 5.92. The van der Waals surface area contributed by atoms with Crippen LogP contribution in [0, 0.1) is 0 Å². The van der Waals surface area contributed by atoms with E-state index in [1.165, 1.54) is 16.8 Å². The van der Waals surface area contributed by atoms with Gasteiger partial charge in [-0.25, -0.2) is 0 Å². The van der Waals surface area contributed by atoms with Crippen molar-refractivity contribution in [3.63, 3.8) is 0 Å². The summed E-state index contributed by atoms with van der Waals surface area (Å²) in [4.78, 5) is 0. The highest BCUT2D eigenvalue weighted by Gasteiger charge is 2.24. The minimum atomic E-state index is 0.0640. The molecular weight excluding hydrogens is 246 g/mol. The second-order valence-electron chi connectivity index (χ2n) is 5.09. The molecule has 1 aliphatic heterocycles. The Balaban J connectivity index is 2.01. The molecule has 0 unspecified atom stereocenters. The van der Waals surface area contributed by atoms with E-state index in [1.54, 1.807) is 0 Å². The lowest BCUT2D eigenvalue weighted by atomic mass is 10.0. The summed E-state index contributed by atoms with van der Waals surface area (Å²) in [5.74, 6) is 0. The maximum absolute atomic E-state index is 9.49. The van der Waals surface area contributed by atoms with Gasteiger partial charge >= 0.3 is 0 Å². The van der Waals surface area contributed by atoms with Gasteiger partial charge in [-0.15, -0.1) is 0 Å². The van der Waals surface area contributed by atoms with Crippen LogP contribution >= 0.6 is 0 Å². The van der Waals surface area contributed by atoms with Gasteiger partial charge in [-0.05, 0) is 5.56 Å². The molecule has 0 aliphatic carbocycles. The number of nitrogens with zero attached hydrogens (tertiary/aromatic N) is 1. The highest BCUT2D eigenvalue weighted by Crippen LogP contribution is 2.29. The first kappa shape index (κ1) is 12.8. The molecule has 3 rings (SSSR count). The third-order valence-electron chi connectivity index (χ3n) is 3.71. The molecule has 0 saturated heterocycles. The standard InChI is InChI=1S/C18H18NO/c1-14-11-17(15-7-3-2-4-8-15)12-19(14)18-10-6-5-9-16(18)13-20/h2-10,12,20H,11,13H2,1H3/q+1. The van der Waals surface area contributed by atoms with Gasteiger partial charge in [0.25, 0.3) is 0 Å².